The summed E-state index contributed by atoms with van der Waals surface area (Å²) >= 11 is 0. The summed E-state index contributed by atoms with van der Waals surface area (Å²) in [5.74, 6) is -0.0444. The number of H-pyrrole nitrogens is 1. The smallest absolute Gasteiger partial charge is 0.177 e. The number of nitrogens with zero attached hydrogens (tertiary/aromatic N) is 1. The van der Waals surface area contributed by atoms with Crippen molar-refractivity contribution in [1.29, 1.82) is 0 Å². The number of carbonyl (C=O) groups is 1. The van der Waals surface area contributed by atoms with Crippen LogP contribution in [0.1, 0.15) is 23.0 Å². The van der Waals surface area contributed by atoms with Crippen LogP contribution >= 0.6 is 0 Å². The van der Waals surface area contributed by atoms with Crippen molar-refractivity contribution in [3.8, 4) is 11.3 Å². The molecule has 0 saturated carbocycles. The van der Waals surface area contributed by atoms with E-state index in [9.17, 15) is 4.79 Å². The lowest BCUT2D eigenvalue weighted by atomic mass is 10.1. The van der Waals surface area contributed by atoms with Crippen LogP contribution in [0.15, 0.2) is 30.3 Å². The molecule has 2 rings (SSSR count). The van der Waals surface area contributed by atoms with Gasteiger partial charge in [0, 0.05) is 12.5 Å². The zero-order valence-corrected chi connectivity index (χ0v) is 8.90. The van der Waals surface area contributed by atoms with Crippen LogP contribution in [-0.2, 0) is 6.61 Å². The first kappa shape index (κ1) is 10.6. The quantitative estimate of drug-likeness (QED) is 0.768. The first-order valence-electron chi connectivity index (χ1n) is 4.97. The predicted octanol–water partition coefficient (Wildman–Crippen LogP) is 1.77. The van der Waals surface area contributed by atoms with E-state index in [2.05, 4.69) is 10.2 Å². The number of rotatable bonds is 3. The Bertz CT molecular complexity index is 517. The Morgan fingerprint density at radius 2 is 2.25 bits per heavy atom. The van der Waals surface area contributed by atoms with Crippen molar-refractivity contribution in [2.45, 2.75) is 13.5 Å². The molecule has 0 unspecified atom stereocenters. The van der Waals surface area contributed by atoms with Crippen LogP contribution in [0.5, 0.6) is 0 Å². The topological polar surface area (TPSA) is 66.0 Å². The molecule has 0 amide bonds. The molecular weight excluding hydrogens is 204 g/mol. The van der Waals surface area contributed by atoms with Crippen molar-refractivity contribution in [2.24, 2.45) is 0 Å². The van der Waals surface area contributed by atoms with E-state index in [0.29, 0.717) is 11.4 Å². The Kier molecular flexibility index (Phi) is 2.83. The number of hydrogen-bond acceptors (Lipinski definition) is 3. The normalized spacial score (nSPS) is 10.4. The molecule has 0 spiro atoms. The van der Waals surface area contributed by atoms with E-state index in [1.54, 1.807) is 6.07 Å². The number of ketones is 1. The van der Waals surface area contributed by atoms with Gasteiger partial charge in [0.2, 0.25) is 0 Å². The zero-order valence-electron chi connectivity index (χ0n) is 8.90. The molecular formula is C12H12N2O2. The highest BCUT2D eigenvalue weighted by Gasteiger charge is 2.07. The van der Waals surface area contributed by atoms with Gasteiger partial charge in [-0.1, -0.05) is 18.2 Å². The molecule has 0 aliphatic heterocycles. The third kappa shape index (κ3) is 2.01. The second-order valence-electron chi connectivity index (χ2n) is 3.58. The van der Waals surface area contributed by atoms with E-state index in [4.69, 9.17) is 5.11 Å². The third-order valence-corrected chi connectivity index (χ3v) is 2.36. The van der Waals surface area contributed by atoms with Crippen LogP contribution in [-0.4, -0.2) is 21.1 Å². The van der Waals surface area contributed by atoms with E-state index in [0.717, 1.165) is 11.1 Å². The lowest BCUT2D eigenvalue weighted by Crippen LogP contribution is -1.90. The number of nitrogens with one attached hydrogen (secondary N) is 1. The number of hydrogen-bond donors (Lipinski definition) is 2. The minimum atomic E-state index is -0.0444. The van der Waals surface area contributed by atoms with Gasteiger partial charge in [0.25, 0.3) is 0 Å². The van der Waals surface area contributed by atoms with Crippen LogP contribution in [0.25, 0.3) is 11.3 Å². The SMILES string of the molecule is CC(=O)c1cc(-c2cccc(CO)c2)n[nH]1. The van der Waals surface area contributed by atoms with Crippen molar-refractivity contribution in [2.75, 3.05) is 0 Å². The van der Waals surface area contributed by atoms with Crippen LogP contribution < -0.4 is 0 Å². The fourth-order valence-corrected chi connectivity index (χ4v) is 1.48. The maximum absolute atomic E-state index is 11.1. The summed E-state index contributed by atoms with van der Waals surface area (Å²) in [6.07, 6.45) is 0. The number of aromatic amines is 1. The number of aliphatic hydroxyl groups excluding tert-OH is 1. The predicted molar refractivity (Wildman–Crippen MR) is 60.0 cm³/mol. The molecule has 4 heteroatoms. The minimum absolute atomic E-state index is 0.00215. The van der Waals surface area contributed by atoms with Crippen molar-refractivity contribution in [3.63, 3.8) is 0 Å². The zero-order chi connectivity index (χ0) is 11.5. The van der Waals surface area contributed by atoms with Gasteiger partial charge in [0.05, 0.1) is 12.3 Å². The van der Waals surface area contributed by atoms with Crippen LogP contribution in [0.3, 0.4) is 0 Å². The molecule has 1 aromatic heterocycles. The van der Waals surface area contributed by atoms with Gasteiger partial charge in [-0.3, -0.25) is 9.89 Å². The molecule has 0 fully saturated rings. The largest absolute Gasteiger partial charge is 0.392 e. The summed E-state index contributed by atoms with van der Waals surface area (Å²) < 4.78 is 0. The van der Waals surface area contributed by atoms with Gasteiger partial charge in [-0.2, -0.15) is 5.10 Å². The molecule has 2 aromatic rings. The second-order valence-corrected chi connectivity index (χ2v) is 3.58. The number of benzene rings is 1. The van der Waals surface area contributed by atoms with E-state index >= 15 is 0 Å². The van der Waals surface area contributed by atoms with Gasteiger partial charge in [0.1, 0.15) is 5.69 Å². The summed E-state index contributed by atoms with van der Waals surface area (Å²) in [5.41, 5.74) is 2.91. The highest BCUT2D eigenvalue weighted by atomic mass is 16.3. The van der Waals surface area contributed by atoms with Crippen molar-refractivity contribution < 1.29 is 9.90 Å². The molecule has 0 aliphatic carbocycles. The molecule has 0 atom stereocenters. The van der Waals surface area contributed by atoms with Crippen LogP contribution in [0.2, 0.25) is 0 Å². The average Bonchev–Trinajstić information content (AvgIpc) is 2.78. The summed E-state index contributed by atoms with van der Waals surface area (Å²) in [7, 11) is 0. The van der Waals surface area contributed by atoms with E-state index in [-0.39, 0.29) is 12.4 Å². The summed E-state index contributed by atoms with van der Waals surface area (Å²) in [4.78, 5) is 11.1. The highest BCUT2D eigenvalue weighted by molar-refractivity contribution is 5.93. The summed E-state index contributed by atoms with van der Waals surface area (Å²) in [6, 6.07) is 9.13. The van der Waals surface area contributed by atoms with Crippen LogP contribution in [0.4, 0.5) is 0 Å². The van der Waals surface area contributed by atoms with E-state index in [1.807, 2.05) is 24.3 Å². The minimum Gasteiger partial charge on any atom is -0.392 e. The second kappa shape index (κ2) is 4.28. The van der Waals surface area contributed by atoms with Crippen molar-refractivity contribution >= 4 is 5.78 Å². The van der Waals surface area contributed by atoms with Crippen molar-refractivity contribution in [3.05, 3.63) is 41.6 Å². The molecule has 1 heterocycles. The Morgan fingerprint density at radius 1 is 1.44 bits per heavy atom. The fourth-order valence-electron chi connectivity index (χ4n) is 1.48. The number of Topliss-reactive ketones (excluding diaryl/α,β-unsaturated/α-hetero) is 1. The third-order valence-electron chi connectivity index (χ3n) is 2.36. The van der Waals surface area contributed by atoms with Crippen molar-refractivity contribution in [1.82, 2.24) is 10.2 Å². The maximum atomic E-state index is 11.1. The lowest BCUT2D eigenvalue weighted by Gasteiger charge is -1.99. The maximum Gasteiger partial charge on any atom is 0.177 e. The van der Waals surface area contributed by atoms with Gasteiger partial charge in [-0.15, -0.1) is 0 Å². The average molecular weight is 216 g/mol. The first-order valence-corrected chi connectivity index (χ1v) is 4.97. The monoisotopic (exact) mass is 216 g/mol. The molecule has 2 N–H and O–H groups in total. The van der Waals surface area contributed by atoms with Crippen LogP contribution in [0, 0.1) is 0 Å². The molecule has 0 saturated heterocycles. The molecule has 16 heavy (non-hydrogen) atoms. The molecule has 82 valence electrons. The molecule has 1 aromatic carbocycles. The van der Waals surface area contributed by atoms with Gasteiger partial charge in [-0.25, -0.2) is 0 Å². The Morgan fingerprint density at radius 3 is 2.88 bits per heavy atom. The van der Waals surface area contributed by atoms with E-state index < -0.39 is 0 Å². The highest BCUT2D eigenvalue weighted by Crippen LogP contribution is 2.19. The molecule has 4 nitrogen and oxygen atoms in total. The summed E-state index contributed by atoms with van der Waals surface area (Å²) in [5, 5.41) is 15.8. The van der Waals surface area contributed by atoms with Gasteiger partial charge >= 0.3 is 0 Å². The van der Waals surface area contributed by atoms with Gasteiger partial charge < -0.3 is 5.11 Å². The fraction of sp³-hybridized carbons (Fsp3) is 0.167. The molecule has 0 bridgehead atoms. The summed E-state index contributed by atoms with van der Waals surface area (Å²) in [6.45, 7) is 1.49. The first-order chi connectivity index (χ1) is 7.70. The van der Waals surface area contributed by atoms with Gasteiger partial charge in [-0.05, 0) is 17.7 Å². The number of aromatic nitrogens is 2. The Hall–Kier alpha value is -1.94. The Labute approximate surface area is 92.9 Å². The standard InChI is InChI=1S/C12H12N2O2/c1-8(16)11-6-12(14-13-11)10-4-2-3-9(5-10)7-15/h2-6,15H,7H2,1H3,(H,13,14). The molecule has 0 aliphatic rings. The lowest BCUT2D eigenvalue weighted by molar-refractivity contribution is 0.101. The number of aliphatic hydroxyl groups is 1. The molecule has 0 radical (unpaired) electrons. The Balaban J connectivity index is 2.38. The van der Waals surface area contributed by atoms with E-state index in [1.165, 1.54) is 6.92 Å². The van der Waals surface area contributed by atoms with Gasteiger partial charge in [0.15, 0.2) is 5.78 Å². The number of carbonyl (C=O) groups excluding carboxylic acids is 1.